The second-order valence-electron chi connectivity index (χ2n) is 7.18. The van der Waals surface area contributed by atoms with Gasteiger partial charge in [-0.1, -0.05) is 6.42 Å². The average Bonchev–Trinajstić information content (AvgIpc) is 2.85. The number of nitrogens with one attached hydrogen (secondary N) is 1. The van der Waals surface area contributed by atoms with E-state index in [0.29, 0.717) is 24.7 Å². The third-order valence-electron chi connectivity index (χ3n) is 5.82. The van der Waals surface area contributed by atoms with Gasteiger partial charge in [-0.15, -0.1) is 0 Å². The first-order chi connectivity index (χ1) is 10.4. The van der Waals surface area contributed by atoms with Crippen molar-refractivity contribution in [1.82, 2.24) is 10.2 Å². The number of carbonyl (C=O) groups excluding carboxylic acids is 1. The molecule has 2 heterocycles. The van der Waals surface area contributed by atoms with Crippen LogP contribution in [0.2, 0.25) is 0 Å². The summed E-state index contributed by atoms with van der Waals surface area (Å²) in [6.45, 7) is 3.47. The number of hydrogen-bond donors (Lipinski definition) is 1. The summed E-state index contributed by atoms with van der Waals surface area (Å²) >= 11 is 0. The van der Waals surface area contributed by atoms with Gasteiger partial charge < -0.3 is 10.2 Å². The summed E-state index contributed by atoms with van der Waals surface area (Å²) in [4.78, 5) is 14.5. The molecule has 0 radical (unpaired) electrons. The molecule has 3 aliphatic rings. The second-order valence-corrected chi connectivity index (χ2v) is 7.18. The molecule has 1 amide bonds. The van der Waals surface area contributed by atoms with Crippen molar-refractivity contribution in [3.05, 3.63) is 0 Å². The van der Waals surface area contributed by atoms with Crippen LogP contribution in [-0.4, -0.2) is 43.2 Å². The average molecular weight is 318 g/mol. The molecule has 0 bridgehead atoms. The summed E-state index contributed by atoms with van der Waals surface area (Å²) < 4.78 is 38.7. The van der Waals surface area contributed by atoms with Crippen LogP contribution in [0.1, 0.15) is 38.5 Å². The number of likely N-dealkylation sites (tertiary alicyclic amines) is 1. The van der Waals surface area contributed by atoms with E-state index in [4.69, 9.17) is 0 Å². The van der Waals surface area contributed by atoms with Crippen LogP contribution in [-0.2, 0) is 4.79 Å². The molecule has 1 saturated carbocycles. The van der Waals surface area contributed by atoms with E-state index in [2.05, 4.69) is 5.32 Å². The highest BCUT2D eigenvalue weighted by Gasteiger charge is 2.44. The third kappa shape index (κ3) is 3.42. The Morgan fingerprint density at radius 3 is 2.23 bits per heavy atom. The molecule has 1 aliphatic carbocycles. The van der Waals surface area contributed by atoms with E-state index in [9.17, 15) is 18.0 Å². The first kappa shape index (κ1) is 16.1. The van der Waals surface area contributed by atoms with Gasteiger partial charge in [0.2, 0.25) is 5.91 Å². The predicted molar refractivity (Wildman–Crippen MR) is 77.2 cm³/mol. The molecule has 3 fully saturated rings. The normalized spacial score (nSPS) is 36.8. The molecule has 6 heteroatoms. The monoisotopic (exact) mass is 318 g/mol. The van der Waals surface area contributed by atoms with E-state index in [0.717, 1.165) is 39.0 Å². The third-order valence-corrected chi connectivity index (χ3v) is 5.82. The predicted octanol–water partition coefficient (Wildman–Crippen LogP) is 2.81. The zero-order chi connectivity index (χ0) is 15.7. The van der Waals surface area contributed by atoms with E-state index >= 15 is 0 Å². The topological polar surface area (TPSA) is 32.3 Å². The molecule has 0 aromatic heterocycles. The molecule has 0 aromatic rings. The van der Waals surface area contributed by atoms with Gasteiger partial charge in [0.25, 0.3) is 0 Å². The molecular formula is C16H25F3N2O. The molecule has 2 aliphatic heterocycles. The molecule has 3 rings (SSSR count). The Morgan fingerprint density at radius 1 is 1.00 bits per heavy atom. The molecule has 2 saturated heterocycles. The van der Waals surface area contributed by atoms with Crippen molar-refractivity contribution in [1.29, 1.82) is 0 Å². The Balaban J connectivity index is 1.59. The van der Waals surface area contributed by atoms with Gasteiger partial charge in [-0.2, -0.15) is 13.2 Å². The van der Waals surface area contributed by atoms with E-state index in [1.54, 1.807) is 0 Å². The number of amides is 1. The van der Waals surface area contributed by atoms with Crippen LogP contribution in [0.3, 0.4) is 0 Å². The highest BCUT2D eigenvalue weighted by Crippen LogP contribution is 2.40. The van der Waals surface area contributed by atoms with Gasteiger partial charge in [-0.05, 0) is 57.0 Å². The van der Waals surface area contributed by atoms with Crippen molar-refractivity contribution >= 4 is 5.91 Å². The fourth-order valence-corrected chi connectivity index (χ4v) is 4.41. The summed E-state index contributed by atoms with van der Waals surface area (Å²) in [6, 6.07) is 0. The van der Waals surface area contributed by atoms with Crippen LogP contribution in [0.5, 0.6) is 0 Å². The van der Waals surface area contributed by atoms with Gasteiger partial charge in [0.15, 0.2) is 0 Å². The van der Waals surface area contributed by atoms with Crippen LogP contribution >= 0.6 is 0 Å². The van der Waals surface area contributed by atoms with Crippen molar-refractivity contribution in [3.63, 3.8) is 0 Å². The highest BCUT2D eigenvalue weighted by atomic mass is 19.4. The Labute approximate surface area is 129 Å². The Kier molecular flexibility index (Phi) is 4.67. The van der Waals surface area contributed by atoms with Gasteiger partial charge in [0.05, 0.1) is 5.92 Å². The van der Waals surface area contributed by atoms with Gasteiger partial charge in [-0.25, -0.2) is 0 Å². The standard InChI is InChI=1S/C16H25F3N2O/c17-16(18,19)14-3-1-2-11(8-14)15(22)21-6-4-12-9-20-10-13(12)5-7-21/h11-14,20H,1-10H2/t11?,12-,13+,14?. The smallest absolute Gasteiger partial charge is 0.342 e. The minimum Gasteiger partial charge on any atom is -0.342 e. The summed E-state index contributed by atoms with van der Waals surface area (Å²) in [5.41, 5.74) is 0. The van der Waals surface area contributed by atoms with Crippen LogP contribution in [0.25, 0.3) is 0 Å². The number of hydrogen-bond acceptors (Lipinski definition) is 2. The van der Waals surface area contributed by atoms with Crippen molar-refractivity contribution in [2.75, 3.05) is 26.2 Å². The maximum atomic E-state index is 12.9. The zero-order valence-electron chi connectivity index (χ0n) is 12.9. The van der Waals surface area contributed by atoms with Crippen LogP contribution in [0.4, 0.5) is 13.2 Å². The van der Waals surface area contributed by atoms with E-state index in [-0.39, 0.29) is 18.7 Å². The van der Waals surface area contributed by atoms with Crippen LogP contribution < -0.4 is 5.32 Å². The largest absolute Gasteiger partial charge is 0.391 e. The summed E-state index contributed by atoms with van der Waals surface area (Å²) in [5.74, 6) is -0.469. The first-order valence-corrected chi connectivity index (χ1v) is 8.51. The first-order valence-electron chi connectivity index (χ1n) is 8.51. The highest BCUT2D eigenvalue weighted by molar-refractivity contribution is 5.79. The van der Waals surface area contributed by atoms with Crippen molar-refractivity contribution in [2.24, 2.45) is 23.7 Å². The summed E-state index contributed by atoms with van der Waals surface area (Å²) in [7, 11) is 0. The van der Waals surface area contributed by atoms with Gasteiger partial charge in [0, 0.05) is 19.0 Å². The lowest BCUT2D eigenvalue weighted by atomic mass is 9.80. The fraction of sp³-hybridized carbons (Fsp3) is 0.938. The Morgan fingerprint density at radius 2 is 1.64 bits per heavy atom. The summed E-state index contributed by atoms with van der Waals surface area (Å²) in [6.07, 6.45) is -0.867. The number of rotatable bonds is 1. The number of alkyl halides is 3. The van der Waals surface area contributed by atoms with E-state index in [1.165, 1.54) is 0 Å². The van der Waals surface area contributed by atoms with E-state index in [1.807, 2.05) is 4.90 Å². The van der Waals surface area contributed by atoms with Crippen molar-refractivity contribution in [2.45, 2.75) is 44.7 Å². The minimum absolute atomic E-state index is 0.00670. The molecule has 0 spiro atoms. The molecule has 3 nitrogen and oxygen atoms in total. The number of carbonyl (C=O) groups is 1. The van der Waals surface area contributed by atoms with Crippen LogP contribution in [0.15, 0.2) is 0 Å². The summed E-state index contributed by atoms with van der Waals surface area (Å²) in [5, 5.41) is 3.39. The molecule has 126 valence electrons. The maximum Gasteiger partial charge on any atom is 0.391 e. The number of halogens is 3. The van der Waals surface area contributed by atoms with Gasteiger partial charge in [-0.3, -0.25) is 4.79 Å². The second kappa shape index (κ2) is 6.38. The molecular weight excluding hydrogens is 293 g/mol. The fourth-order valence-electron chi connectivity index (χ4n) is 4.41. The molecule has 4 atom stereocenters. The van der Waals surface area contributed by atoms with Gasteiger partial charge >= 0.3 is 6.18 Å². The van der Waals surface area contributed by atoms with Crippen molar-refractivity contribution in [3.8, 4) is 0 Å². The zero-order valence-corrected chi connectivity index (χ0v) is 12.9. The van der Waals surface area contributed by atoms with Gasteiger partial charge in [0.1, 0.15) is 0 Å². The lowest BCUT2D eigenvalue weighted by molar-refractivity contribution is -0.187. The quantitative estimate of drug-likeness (QED) is 0.806. The Bertz CT molecular complexity index is 399. The molecule has 22 heavy (non-hydrogen) atoms. The van der Waals surface area contributed by atoms with E-state index < -0.39 is 18.0 Å². The molecule has 0 aromatic carbocycles. The number of fused-ring (bicyclic) bond motifs is 1. The van der Waals surface area contributed by atoms with Crippen molar-refractivity contribution < 1.29 is 18.0 Å². The maximum absolute atomic E-state index is 12.9. The number of nitrogens with zero attached hydrogens (tertiary/aromatic N) is 1. The SMILES string of the molecule is O=C(C1CCCC(C(F)(F)F)C1)N1CC[C@@H]2CNC[C@@H]2CC1. The lowest BCUT2D eigenvalue weighted by Gasteiger charge is -2.33. The lowest BCUT2D eigenvalue weighted by Crippen LogP contribution is -2.41. The molecule has 1 N–H and O–H groups in total. The van der Waals surface area contributed by atoms with Crippen LogP contribution in [0, 0.1) is 23.7 Å². The minimum atomic E-state index is -4.15. The Hall–Kier alpha value is -0.780. The molecule has 2 unspecified atom stereocenters.